The Labute approximate surface area is 211 Å². The maximum Gasteiger partial charge on any atom is 0.328 e. The van der Waals surface area contributed by atoms with Gasteiger partial charge in [0.15, 0.2) is 0 Å². The van der Waals surface area contributed by atoms with Crippen LogP contribution in [0.4, 0.5) is 0 Å². The average molecular weight is 515 g/mol. The van der Waals surface area contributed by atoms with Crippen LogP contribution in [0.3, 0.4) is 0 Å². The topological polar surface area (TPSA) is 78.8 Å². The highest BCUT2D eigenvalue weighted by Crippen LogP contribution is 2.33. The van der Waals surface area contributed by atoms with Gasteiger partial charge in [0.1, 0.15) is 18.5 Å². The highest BCUT2D eigenvalue weighted by Gasteiger charge is 2.28. The molecule has 8 heteroatoms. The number of aliphatic hydroxyl groups is 1. The molecule has 0 radical (unpaired) electrons. The van der Waals surface area contributed by atoms with Crippen LogP contribution in [-0.4, -0.2) is 41.0 Å². The van der Waals surface area contributed by atoms with Gasteiger partial charge in [-0.15, -0.1) is 12.4 Å². The van der Waals surface area contributed by atoms with Crippen molar-refractivity contribution in [2.75, 3.05) is 13.2 Å². The number of benzene rings is 2. The number of fused-ring (bicyclic) bond motifs is 1. The Morgan fingerprint density at radius 3 is 2.48 bits per heavy atom. The number of hydrogen-bond acceptors (Lipinski definition) is 4. The van der Waals surface area contributed by atoms with Crippen molar-refractivity contribution in [2.24, 2.45) is 5.92 Å². The molecule has 1 aliphatic carbocycles. The molecular formula is C25H30Cl3NO4. The van der Waals surface area contributed by atoms with E-state index >= 15 is 0 Å². The summed E-state index contributed by atoms with van der Waals surface area (Å²) in [5.74, 6) is -0.0858. The van der Waals surface area contributed by atoms with Gasteiger partial charge in [-0.25, -0.2) is 4.79 Å². The first-order valence-electron chi connectivity index (χ1n) is 10.7. The Morgan fingerprint density at radius 1 is 1.24 bits per heavy atom. The van der Waals surface area contributed by atoms with E-state index in [2.05, 4.69) is 43.4 Å². The van der Waals surface area contributed by atoms with E-state index in [1.165, 1.54) is 17.2 Å². The van der Waals surface area contributed by atoms with Crippen LogP contribution < -0.4 is 10.1 Å². The molecule has 2 aromatic rings. The fourth-order valence-corrected chi connectivity index (χ4v) is 4.57. The molecule has 3 N–H and O–H groups in total. The van der Waals surface area contributed by atoms with Crippen molar-refractivity contribution in [3.05, 3.63) is 69.2 Å². The van der Waals surface area contributed by atoms with Gasteiger partial charge >= 0.3 is 5.97 Å². The molecule has 0 saturated carbocycles. The largest absolute Gasteiger partial charge is 0.491 e. The first kappa shape index (κ1) is 27.5. The van der Waals surface area contributed by atoms with Crippen molar-refractivity contribution in [1.82, 2.24) is 5.32 Å². The van der Waals surface area contributed by atoms with E-state index in [0.717, 1.165) is 25.3 Å². The lowest BCUT2D eigenvalue weighted by Crippen LogP contribution is -2.46. The second kappa shape index (κ2) is 12.1. The smallest absolute Gasteiger partial charge is 0.328 e. The fraction of sp³-hybridized carbons (Fsp3) is 0.400. The van der Waals surface area contributed by atoms with Crippen LogP contribution in [0.5, 0.6) is 5.75 Å². The number of aliphatic carboxylic acids is 1. The lowest BCUT2D eigenvalue weighted by molar-refractivity contribution is -0.131. The van der Waals surface area contributed by atoms with Gasteiger partial charge in [-0.2, -0.15) is 0 Å². The number of nitrogens with one attached hydrogen (secondary N) is 1. The zero-order valence-electron chi connectivity index (χ0n) is 18.7. The van der Waals surface area contributed by atoms with Gasteiger partial charge in [-0.3, -0.25) is 0 Å². The number of β-amino-alcohol motifs (C(OH)–C–C–N with tert-alkyl or cyclic N) is 1. The second-order valence-corrected chi connectivity index (χ2v) is 9.74. The Bertz CT molecular complexity index is 969. The molecule has 2 aromatic carbocycles. The molecule has 0 bridgehead atoms. The first-order chi connectivity index (χ1) is 15.1. The molecule has 0 heterocycles. The van der Waals surface area contributed by atoms with Gasteiger partial charge in [0.2, 0.25) is 0 Å². The highest BCUT2D eigenvalue weighted by molar-refractivity contribution is 6.43. The number of aliphatic hydroxyl groups excluding tert-OH is 1. The summed E-state index contributed by atoms with van der Waals surface area (Å²) in [6.45, 7) is 4.77. The predicted octanol–water partition coefficient (Wildman–Crippen LogP) is 5.43. The van der Waals surface area contributed by atoms with E-state index in [0.29, 0.717) is 23.8 Å². The zero-order chi connectivity index (χ0) is 23.3. The van der Waals surface area contributed by atoms with Crippen LogP contribution in [0.25, 0.3) is 6.08 Å². The van der Waals surface area contributed by atoms with E-state index in [1.54, 1.807) is 12.1 Å². The molecule has 0 spiro atoms. The second-order valence-electron chi connectivity index (χ2n) is 8.96. The summed E-state index contributed by atoms with van der Waals surface area (Å²) in [5, 5.41) is 23.2. The molecule has 5 nitrogen and oxygen atoms in total. The normalized spacial score (nSPS) is 14.7. The maximum absolute atomic E-state index is 10.8. The lowest BCUT2D eigenvalue weighted by atomic mass is 9.88. The maximum atomic E-state index is 10.8. The quantitative estimate of drug-likeness (QED) is 0.369. The molecule has 1 aliphatic rings. The van der Waals surface area contributed by atoms with Crippen molar-refractivity contribution < 1.29 is 19.7 Å². The molecule has 0 fully saturated rings. The summed E-state index contributed by atoms with van der Waals surface area (Å²) in [7, 11) is 0. The molecule has 0 aliphatic heterocycles. The van der Waals surface area contributed by atoms with Gasteiger partial charge in [-0.1, -0.05) is 47.5 Å². The average Bonchev–Trinajstić information content (AvgIpc) is 3.13. The van der Waals surface area contributed by atoms with E-state index in [-0.39, 0.29) is 34.6 Å². The van der Waals surface area contributed by atoms with E-state index in [9.17, 15) is 9.90 Å². The number of carboxylic acids is 1. The molecular weight excluding hydrogens is 485 g/mol. The minimum absolute atomic E-state index is 0. The summed E-state index contributed by atoms with van der Waals surface area (Å²) >= 11 is 12.2. The summed E-state index contributed by atoms with van der Waals surface area (Å²) < 4.78 is 5.68. The molecule has 33 heavy (non-hydrogen) atoms. The van der Waals surface area contributed by atoms with E-state index in [1.807, 2.05) is 0 Å². The van der Waals surface area contributed by atoms with Gasteiger partial charge in [0.25, 0.3) is 0 Å². The molecule has 1 atom stereocenters. The van der Waals surface area contributed by atoms with Crippen LogP contribution >= 0.6 is 35.6 Å². The van der Waals surface area contributed by atoms with Gasteiger partial charge in [0.05, 0.1) is 10.0 Å². The molecule has 0 saturated heterocycles. The number of hydrogen-bond donors (Lipinski definition) is 3. The predicted molar refractivity (Wildman–Crippen MR) is 136 cm³/mol. The van der Waals surface area contributed by atoms with Crippen molar-refractivity contribution in [3.63, 3.8) is 0 Å². The molecule has 180 valence electrons. The monoisotopic (exact) mass is 513 g/mol. The SMILES string of the molecule is CC(C)(CC1Cc2ccccc2C1)NC[C@@H](O)COc1cc(Cl)c(Cl)c(C=CC(=O)O)c1.Cl. The standard InChI is InChI=1S/C25H29Cl2NO4.ClH/c1-25(2,13-16-9-17-5-3-4-6-18(17)10-16)28-14-20(29)15-32-21-11-19(7-8-23(30)31)24(27)22(26)12-21;/h3-8,11-12,16,20,28-29H,9-10,13-15H2,1-2H3,(H,30,31);1H/t20-;/m1./s1. The summed E-state index contributed by atoms with van der Waals surface area (Å²) in [6.07, 6.45) is 4.83. The van der Waals surface area contributed by atoms with Crippen LogP contribution in [0.2, 0.25) is 10.0 Å². The van der Waals surface area contributed by atoms with Gasteiger partial charge in [-0.05, 0) is 67.9 Å². The van der Waals surface area contributed by atoms with Crippen LogP contribution in [0.1, 0.15) is 37.0 Å². The lowest BCUT2D eigenvalue weighted by Gasteiger charge is -2.30. The van der Waals surface area contributed by atoms with E-state index in [4.69, 9.17) is 33.0 Å². The van der Waals surface area contributed by atoms with Crippen molar-refractivity contribution in [2.45, 2.75) is 44.8 Å². The molecule has 0 aromatic heterocycles. The number of carboxylic acid groups (broad SMARTS) is 1. The molecule has 0 amide bonds. The number of halogens is 3. The number of ether oxygens (including phenoxy) is 1. The Hall–Kier alpha value is -1.76. The Morgan fingerprint density at radius 2 is 1.88 bits per heavy atom. The van der Waals surface area contributed by atoms with Crippen molar-refractivity contribution >= 4 is 47.7 Å². The van der Waals surface area contributed by atoms with Crippen molar-refractivity contribution in [3.8, 4) is 5.75 Å². The Balaban J connectivity index is 0.00000385. The fourth-order valence-electron chi connectivity index (χ4n) is 4.18. The molecule has 0 unspecified atom stereocenters. The highest BCUT2D eigenvalue weighted by atomic mass is 35.5. The van der Waals surface area contributed by atoms with Crippen LogP contribution in [0, 0.1) is 5.92 Å². The third-order valence-electron chi connectivity index (χ3n) is 5.63. The van der Waals surface area contributed by atoms with E-state index < -0.39 is 12.1 Å². The van der Waals surface area contributed by atoms with Crippen LogP contribution in [0.15, 0.2) is 42.5 Å². The minimum Gasteiger partial charge on any atom is -0.491 e. The summed E-state index contributed by atoms with van der Waals surface area (Å²) in [4.78, 5) is 10.8. The van der Waals surface area contributed by atoms with Gasteiger partial charge in [0, 0.05) is 24.2 Å². The third-order valence-corrected chi connectivity index (χ3v) is 6.45. The van der Waals surface area contributed by atoms with Crippen molar-refractivity contribution in [1.29, 1.82) is 0 Å². The van der Waals surface area contributed by atoms with Gasteiger partial charge < -0.3 is 20.3 Å². The third kappa shape index (κ3) is 8.20. The summed E-state index contributed by atoms with van der Waals surface area (Å²) in [6, 6.07) is 11.8. The number of carbonyl (C=O) groups is 1. The minimum atomic E-state index is -1.09. The summed E-state index contributed by atoms with van der Waals surface area (Å²) in [5.41, 5.74) is 3.20. The number of rotatable bonds is 10. The van der Waals surface area contributed by atoms with Crippen LogP contribution in [-0.2, 0) is 17.6 Å². The molecule has 3 rings (SSSR count). The Kier molecular flexibility index (Phi) is 10.1. The first-order valence-corrected chi connectivity index (χ1v) is 11.4. The zero-order valence-corrected chi connectivity index (χ0v) is 21.0.